The molecule has 1 atom stereocenters. The molecule has 0 heterocycles. The molecule has 1 aromatic rings. The van der Waals surface area contributed by atoms with Crippen LogP contribution < -0.4 is 16.0 Å². The van der Waals surface area contributed by atoms with Gasteiger partial charge < -0.3 is 16.0 Å². The number of carbonyl (C=O) groups is 1. The summed E-state index contributed by atoms with van der Waals surface area (Å²) in [6.45, 7) is 9.25. The van der Waals surface area contributed by atoms with E-state index in [1.165, 1.54) is 11.1 Å². The van der Waals surface area contributed by atoms with E-state index in [-0.39, 0.29) is 17.9 Å². The van der Waals surface area contributed by atoms with Gasteiger partial charge in [-0.25, -0.2) is 0 Å². The highest BCUT2D eigenvalue weighted by Gasteiger charge is 2.08. The van der Waals surface area contributed by atoms with Gasteiger partial charge in [0, 0.05) is 26.1 Å². The number of hydrogen-bond donors (Lipinski definition) is 3. The van der Waals surface area contributed by atoms with Crippen LogP contribution in [0.1, 0.15) is 44.9 Å². The summed E-state index contributed by atoms with van der Waals surface area (Å²) in [4.78, 5) is 15.7. The molecule has 1 rings (SSSR count). The van der Waals surface area contributed by atoms with Crippen LogP contribution in [0.2, 0.25) is 0 Å². The van der Waals surface area contributed by atoms with E-state index in [2.05, 4.69) is 59.1 Å². The van der Waals surface area contributed by atoms with E-state index in [1.54, 1.807) is 7.05 Å². The molecule has 1 amide bonds. The zero-order valence-electron chi connectivity index (χ0n) is 14.9. The number of nitrogens with one attached hydrogen (secondary N) is 3. The molecule has 0 saturated carbocycles. The molecule has 5 nitrogen and oxygen atoms in total. The Hall–Kier alpha value is -2.04. The molecule has 5 heteroatoms. The van der Waals surface area contributed by atoms with Crippen LogP contribution in [0.25, 0.3) is 0 Å². The van der Waals surface area contributed by atoms with E-state index in [0.717, 1.165) is 12.4 Å². The number of rotatable bonds is 7. The Kier molecular flexibility index (Phi) is 8.16. The van der Waals surface area contributed by atoms with Crippen molar-refractivity contribution in [3.8, 4) is 0 Å². The fraction of sp³-hybridized carbons (Fsp3) is 0.556. The van der Waals surface area contributed by atoms with E-state index in [1.807, 2.05) is 13.8 Å². The van der Waals surface area contributed by atoms with Crippen LogP contribution in [-0.4, -0.2) is 32.0 Å². The largest absolute Gasteiger partial charge is 0.355 e. The first-order valence-corrected chi connectivity index (χ1v) is 8.31. The summed E-state index contributed by atoms with van der Waals surface area (Å²) < 4.78 is 0. The summed E-state index contributed by atoms with van der Waals surface area (Å²) >= 11 is 0. The average Bonchev–Trinajstić information content (AvgIpc) is 2.57. The zero-order valence-corrected chi connectivity index (χ0v) is 14.9. The Morgan fingerprint density at radius 3 is 2.22 bits per heavy atom. The van der Waals surface area contributed by atoms with Crippen LogP contribution in [0, 0.1) is 5.92 Å². The predicted molar refractivity (Wildman–Crippen MR) is 96.6 cm³/mol. The van der Waals surface area contributed by atoms with Crippen molar-refractivity contribution in [3.63, 3.8) is 0 Å². The van der Waals surface area contributed by atoms with Crippen LogP contribution in [0.5, 0.6) is 0 Å². The molecule has 1 unspecified atom stereocenters. The van der Waals surface area contributed by atoms with Gasteiger partial charge in [-0.3, -0.25) is 9.79 Å². The Morgan fingerprint density at radius 2 is 1.70 bits per heavy atom. The van der Waals surface area contributed by atoms with Gasteiger partial charge in [-0.05, 0) is 24.5 Å². The summed E-state index contributed by atoms with van der Waals surface area (Å²) in [5.74, 6) is 0.813. The van der Waals surface area contributed by atoms with Crippen molar-refractivity contribution in [3.05, 3.63) is 35.4 Å². The van der Waals surface area contributed by atoms with Crippen LogP contribution in [0.4, 0.5) is 0 Å². The number of amides is 1. The first-order valence-electron chi connectivity index (χ1n) is 8.31. The van der Waals surface area contributed by atoms with Crippen molar-refractivity contribution in [2.75, 3.05) is 20.1 Å². The SMILES string of the molecule is CCc1ccc(C(C)NC(=NC)NCCNC(=O)C(C)C)cc1. The van der Waals surface area contributed by atoms with Gasteiger partial charge >= 0.3 is 0 Å². The molecule has 0 radical (unpaired) electrons. The van der Waals surface area contributed by atoms with Gasteiger partial charge in [-0.15, -0.1) is 0 Å². The highest BCUT2D eigenvalue weighted by molar-refractivity contribution is 5.80. The molecule has 0 aliphatic carbocycles. The minimum absolute atomic E-state index is 0.0125. The number of guanidine groups is 1. The quantitative estimate of drug-likeness (QED) is 0.410. The maximum Gasteiger partial charge on any atom is 0.222 e. The average molecular weight is 318 g/mol. The van der Waals surface area contributed by atoms with E-state index < -0.39 is 0 Å². The number of hydrogen-bond acceptors (Lipinski definition) is 2. The van der Waals surface area contributed by atoms with Crippen molar-refractivity contribution in [1.82, 2.24) is 16.0 Å². The molecule has 128 valence electrons. The van der Waals surface area contributed by atoms with Crippen LogP contribution in [-0.2, 0) is 11.2 Å². The molecule has 0 aliphatic rings. The Balaban J connectivity index is 2.41. The summed E-state index contributed by atoms with van der Waals surface area (Å²) in [6, 6.07) is 8.77. The first kappa shape index (κ1) is 19.0. The molecule has 0 bridgehead atoms. The van der Waals surface area contributed by atoms with Gasteiger partial charge in [0.1, 0.15) is 0 Å². The highest BCUT2D eigenvalue weighted by Crippen LogP contribution is 2.13. The van der Waals surface area contributed by atoms with E-state index in [4.69, 9.17) is 0 Å². The minimum Gasteiger partial charge on any atom is -0.355 e. The van der Waals surface area contributed by atoms with Crippen LogP contribution in [0.15, 0.2) is 29.3 Å². The molecular formula is C18H30N4O. The third-order valence-corrected chi connectivity index (χ3v) is 3.71. The van der Waals surface area contributed by atoms with Crippen molar-refractivity contribution < 1.29 is 4.79 Å². The lowest BCUT2D eigenvalue weighted by molar-refractivity contribution is -0.123. The van der Waals surface area contributed by atoms with Crippen molar-refractivity contribution >= 4 is 11.9 Å². The van der Waals surface area contributed by atoms with Crippen LogP contribution in [0.3, 0.4) is 0 Å². The van der Waals surface area contributed by atoms with Gasteiger partial charge in [0.25, 0.3) is 0 Å². The van der Waals surface area contributed by atoms with E-state index >= 15 is 0 Å². The molecule has 0 aliphatic heterocycles. The molecule has 0 spiro atoms. The number of carbonyl (C=O) groups excluding carboxylic acids is 1. The van der Waals surface area contributed by atoms with Crippen molar-refractivity contribution in [2.45, 2.75) is 40.2 Å². The summed E-state index contributed by atoms with van der Waals surface area (Å²) in [7, 11) is 1.74. The van der Waals surface area contributed by atoms with Crippen molar-refractivity contribution in [2.24, 2.45) is 10.9 Å². The minimum atomic E-state index is 0.0125. The normalized spacial score (nSPS) is 12.9. The second-order valence-electron chi connectivity index (χ2n) is 5.91. The molecular weight excluding hydrogens is 288 g/mol. The summed E-state index contributed by atoms with van der Waals surface area (Å²) in [5.41, 5.74) is 2.56. The van der Waals surface area contributed by atoms with Gasteiger partial charge in [-0.2, -0.15) is 0 Å². The Morgan fingerprint density at radius 1 is 1.09 bits per heavy atom. The van der Waals surface area contributed by atoms with Crippen molar-refractivity contribution in [1.29, 1.82) is 0 Å². The van der Waals surface area contributed by atoms with Crippen LogP contribution >= 0.6 is 0 Å². The number of aryl methyl sites for hydroxylation is 1. The lowest BCUT2D eigenvalue weighted by atomic mass is 10.1. The number of aliphatic imine (C=N–C) groups is 1. The first-order chi connectivity index (χ1) is 11.0. The third-order valence-electron chi connectivity index (χ3n) is 3.71. The van der Waals surface area contributed by atoms with Gasteiger partial charge in [0.2, 0.25) is 5.91 Å². The van der Waals surface area contributed by atoms with E-state index in [0.29, 0.717) is 13.1 Å². The highest BCUT2D eigenvalue weighted by atomic mass is 16.1. The third kappa shape index (κ3) is 6.72. The maximum absolute atomic E-state index is 11.5. The fourth-order valence-corrected chi connectivity index (χ4v) is 2.10. The number of benzene rings is 1. The molecule has 23 heavy (non-hydrogen) atoms. The summed E-state index contributed by atoms with van der Waals surface area (Å²) in [5, 5.41) is 9.44. The summed E-state index contributed by atoms with van der Waals surface area (Å²) in [6.07, 6.45) is 1.05. The molecule has 0 aromatic heterocycles. The van der Waals surface area contributed by atoms with Gasteiger partial charge in [0.05, 0.1) is 6.04 Å². The predicted octanol–water partition coefficient (Wildman–Crippen LogP) is 2.25. The van der Waals surface area contributed by atoms with E-state index in [9.17, 15) is 4.79 Å². The molecule has 1 aromatic carbocycles. The smallest absolute Gasteiger partial charge is 0.222 e. The topological polar surface area (TPSA) is 65.5 Å². The zero-order chi connectivity index (χ0) is 17.2. The number of nitrogens with zero attached hydrogens (tertiary/aromatic N) is 1. The lowest BCUT2D eigenvalue weighted by Gasteiger charge is -2.19. The molecule has 0 fully saturated rings. The molecule has 0 saturated heterocycles. The Labute approximate surface area is 140 Å². The second kappa shape index (κ2) is 9.87. The standard InChI is InChI=1S/C18H30N4O/c1-6-15-7-9-16(10-8-15)14(4)22-18(19-5)21-12-11-20-17(23)13(2)3/h7-10,13-14H,6,11-12H2,1-5H3,(H,20,23)(H2,19,21,22). The molecule has 3 N–H and O–H groups in total. The monoisotopic (exact) mass is 318 g/mol. The Bertz CT molecular complexity index is 508. The van der Waals surface area contributed by atoms with Gasteiger partial charge in [-0.1, -0.05) is 45.0 Å². The lowest BCUT2D eigenvalue weighted by Crippen LogP contribution is -2.42. The second-order valence-corrected chi connectivity index (χ2v) is 5.91. The van der Waals surface area contributed by atoms with Gasteiger partial charge in [0.15, 0.2) is 5.96 Å². The maximum atomic E-state index is 11.5. The fourth-order valence-electron chi connectivity index (χ4n) is 2.10.